The first-order valence-electron chi connectivity index (χ1n) is 8.57. The average Bonchev–Trinajstić information content (AvgIpc) is 2.98. The number of thioether (sulfide) groups is 1. The van der Waals surface area contributed by atoms with E-state index in [2.05, 4.69) is 4.99 Å². The van der Waals surface area contributed by atoms with Crippen LogP contribution in [0.1, 0.15) is 12.5 Å². The summed E-state index contributed by atoms with van der Waals surface area (Å²) >= 11 is 0.983. The first kappa shape index (κ1) is 20.3. The number of nitrogens with one attached hydrogen (secondary N) is 1. The smallest absolute Gasteiger partial charge is 0.318 e. The van der Waals surface area contributed by atoms with Crippen LogP contribution in [0, 0.1) is 5.82 Å². The third kappa shape index (κ3) is 4.88. The van der Waals surface area contributed by atoms with E-state index in [0.717, 1.165) is 17.3 Å². The van der Waals surface area contributed by atoms with Crippen molar-refractivity contribution in [3.8, 4) is 0 Å². The van der Waals surface area contributed by atoms with E-state index >= 15 is 0 Å². The van der Waals surface area contributed by atoms with Gasteiger partial charge in [0, 0.05) is 0 Å². The highest BCUT2D eigenvalue weighted by Crippen LogP contribution is 2.31. The van der Waals surface area contributed by atoms with Gasteiger partial charge in [-0.05, 0) is 42.8 Å². The van der Waals surface area contributed by atoms with Crippen LogP contribution in [-0.2, 0) is 9.59 Å². The Labute approximate surface area is 170 Å². The molecule has 0 saturated heterocycles. The number of benzene rings is 2. The maximum absolute atomic E-state index is 13.3. The molecule has 1 heterocycles. The largest absolute Gasteiger partial charge is 0.351 e. The summed E-state index contributed by atoms with van der Waals surface area (Å²) in [6.07, 6.45) is 1.63. The highest BCUT2D eigenvalue weighted by molar-refractivity contribution is 8.15. The Morgan fingerprint density at radius 1 is 1.17 bits per heavy atom. The molecule has 7 nitrogen and oxygen atoms in total. The minimum atomic E-state index is -0.966. The SMILES string of the molecule is CC(SC1=N/C(=C\c2ccccc2)C(=O)N1c1ccc(F)cc1)C(=O)NC(N)=O. The molecule has 3 N–H and O–H groups in total. The molecular weight excluding hydrogens is 395 g/mol. The van der Waals surface area contributed by atoms with E-state index in [9.17, 15) is 18.8 Å². The summed E-state index contributed by atoms with van der Waals surface area (Å²) in [5.74, 6) is -1.47. The summed E-state index contributed by atoms with van der Waals surface area (Å²) in [4.78, 5) is 41.6. The summed E-state index contributed by atoms with van der Waals surface area (Å²) in [5.41, 5.74) is 6.34. The van der Waals surface area contributed by atoms with Gasteiger partial charge in [-0.1, -0.05) is 42.1 Å². The average molecular weight is 412 g/mol. The second kappa shape index (κ2) is 8.70. The second-order valence-corrected chi connectivity index (χ2v) is 7.37. The fraction of sp³-hybridized carbons (Fsp3) is 0.100. The first-order chi connectivity index (χ1) is 13.8. The topological polar surface area (TPSA) is 105 Å². The van der Waals surface area contributed by atoms with E-state index in [1.807, 2.05) is 35.6 Å². The zero-order valence-corrected chi connectivity index (χ0v) is 16.2. The van der Waals surface area contributed by atoms with Gasteiger partial charge >= 0.3 is 6.03 Å². The fourth-order valence-electron chi connectivity index (χ4n) is 2.54. The highest BCUT2D eigenvalue weighted by Gasteiger charge is 2.34. The number of carbonyl (C=O) groups is 3. The Bertz CT molecular complexity index is 1010. The van der Waals surface area contributed by atoms with Gasteiger partial charge in [0.25, 0.3) is 5.91 Å². The number of imide groups is 1. The molecule has 29 heavy (non-hydrogen) atoms. The van der Waals surface area contributed by atoms with Gasteiger partial charge in [-0.15, -0.1) is 0 Å². The van der Waals surface area contributed by atoms with Crippen molar-refractivity contribution in [1.29, 1.82) is 0 Å². The number of nitrogens with two attached hydrogens (primary N) is 1. The van der Waals surface area contributed by atoms with E-state index in [1.54, 1.807) is 13.0 Å². The predicted octanol–water partition coefficient (Wildman–Crippen LogP) is 2.89. The minimum absolute atomic E-state index is 0.172. The Hall–Kier alpha value is -3.46. The molecular formula is C20H17FN4O3S. The van der Waals surface area contributed by atoms with E-state index in [1.165, 1.54) is 29.2 Å². The minimum Gasteiger partial charge on any atom is -0.351 e. The number of primary amides is 1. The van der Waals surface area contributed by atoms with Crippen LogP contribution in [0.15, 0.2) is 65.3 Å². The molecule has 1 unspecified atom stereocenters. The number of amides is 4. The lowest BCUT2D eigenvalue weighted by Gasteiger charge is -2.19. The van der Waals surface area contributed by atoms with E-state index in [4.69, 9.17) is 5.73 Å². The molecule has 9 heteroatoms. The molecule has 1 atom stereocenters. The normalized spacial score (nSPS) is 15.9. The van der Waals surface area contributed by atoms with Gasteiger partial charge in [-0.2, -0.15) is 0 Å². The van der Waals surface area contributed by atoms with Crippen LogP contribution in [0.5, 0.6) is 0 Å². The van der Waals surface area contributed by atoms with Crippen LogP contribution < -0.4 is 16.0 Å². The number of anilines is 1. The second-order valence-electron chi connectivity index (χ2n) is 6.07. The van der Waals surface area contributed by atoms with Crippen LogP contribution in [0.2, 0.25) is 0 Å². The Morgan fingerprint density at radius 3 is 2.45 bits per heavy atom. The zero-order chi connectivity index (χ0) is 21.0. The summed E-state index contributed by atoms with van der Waals surface area (Å²) in [6.45, 7) is 1.55. The number of hydrogen-bond acceptors (Lipinski definition) is 5. The predicted molar refractivity (Wildman–Crippen MR) is 111 cm³/mol. The molecule has 0 radical (unpaired) electrons. The molecule has 0 fully saturated rings. The molecule has 0 aromatic heterocycles. The van der Waals surface area contributed by atoms with E-state index in [-0.39, 0.29) is 10.9 Å². The van der Waals surface area contributed by atoms with Crippen molar-refractivity contribution in [2.24, 2.45) is 10.7 Å². The number of hydrogen-bond donors (Lipinski definition) is 2. The third-order valence-corrected chi connectivity index (χ3v) is 4.97. The first-order valence-corrected chi connectivity index (χ1v) is 9.45. The molecule has 2 aromatic rings. The molecule has 1 aliphatic heterocycles. The lowest BCUT2D eigenvalue weighted by atomic mass is 10.2. The van der Waals surface area contributed by atoms with Gasteiger partial charge in [-0.3, -0.25) is 19.8 Å². The van der Waals surface area contributed by atoms with Crippen molar-refractivity contribution >= 4 is 46.5 Å². The van der Waals surface area contributed by atoms with Crippen molar-refractivity contribution < 1.29 is 18.8 Å². The van der Waals surface area contributed by atoms with Crippen molar-refractivity contribution in [1.82, 2.24) is 5.32 Å². The third-order valence-electron chi connectivity index (χ3n) is 3.92. The standard InChI is InChI=1S/C20H17FN4O3S/c1-12(17(26)24-19(22)28)29-20-23-16(11-13-5-3-2-4-6-13)18(27)25(20)15-9-7-14(21)8-10-15/h2-12H,1H3,(H3,22,24,26,28)/b16-11-. The zero-order valence-electron chi connectivity index (χ0n) is 15.3. The van der Waals surface area contributed by atoms with E-state index < -0.39 is 28.9 Å². The fourth-order valence-corrected chi connectivity index (χ4v) is 3.46. The van der Waals surface area contributed by atoms with Crippen LogP contribution in [0.3, 0.4) is 0 Å². The molecule has 0 saturated carbocycles. The number of rotatable bonds is 4. The number of carbonyl (C=O) groups excluding carboxylic acids is 3. The van der Waals surface area contributed by atoms with Crippen LogP contribution in [0.25, 0.3) is 6.08 Å². The van der Waals surface area contributed by atoms with Crippen molar-refractivity contribution in [3.63, 3.8) is 0 Å². The number of urea groups is 1. The van der Waals surface area contributed by atoms with Crippen molar-refractivity contribution in [2.75, 3.05) is 4.90 Å². The van der Waals surface area contributed by atoms with Gasteiger partial charge < -0.3 is 5.73 Å². The molecule has 0 aliphatic carbocycles. The molecule has 0 bridgehead atoms. The van der Waals surface area contributed by atoms with Crippen LogP contribution in [-0.4, -0.2) is 28.3 Å². The monoisotopic (exact) mass is 412 g/mol. The molecule has 148 valence electrons. The van der Waals surface area contributed by atoms with Crippen LogP contribution in [0.4, 0.5) is 14.9 Å². The van der Waals surface area contributed by atoms with Gasteiger partial charge in [0.2, 0.25) is 5.91 Å². The summed E-state index contributed by atoms with van der Waals surface area (Å²) in [7, 11) is 0. The van der Waals surface area contributed by atoms with Gasteiger partial charge in [0.15, 0.2) is 5.17 Å². The highest BCUT2D eigenvalue weighted by atomic mass is 32.2. The van der Waals surface area contributed by atoms with Crippen molar-refractivity contribution in [2.45, 2.75) is 12.2 Å². The maximum Gasteiger partial charge on any atom is 0.318 e. The molecule has 3 rings (SSSR count). The Balaban J connectivity index is 1.94. The molecule has 0 spiro atoms. The van der Waals surface area contributed by atoms with Gasteiger partial charge in [0.1, 0.15) is 11.5 Å². The van der Waals surface area contributed by atoms with Gasteiger partial charge in [0.05, 0.1) is 10.9 Å². The maximum atomic E-state index is 13.3. The Morgan fingerprint density at radius 2 is 1.83 bits per heavy atom. The summed E-state index contributed by atoms with van der Waals surface area (Å²) in [6, 6.07) is 13.6. The Kier molecular flexibility index (Phi) is 6.08. The number of amidine groups is 1. The van der Waals surface area contributed by atoms with E-state index in [0.29, 0.717) is 5.69 Å². The summed E-state index contributed by atoms with van der Waals surface area (Å²) < 4.78 is 13.3. The number of nitrogens with zero attached hydrogens (tertiary/aromatic N) is 2. The lowest BCUT2D eigenvalue weighted by molar-refractivity contribution is -0.119. The van der Waals surface area contributed by atoms with Gasteiger partial charge in [-0.25, -0.2) is 14.2 Å². The molecule has 1 aliphatic rings. The number of halogens is 1. The molecule has 4 amide bonds. The lowest BCUT2D eigenvalue weighted by Crippen LogP contribution is -2.41. The van der Waals surface area contributed by atoms with Crippen molar-refractivity contribution in [3.05, 3.63) is 71.7 Å². The number of aliphatic imine (C=N–C) groups is 1. The van der Waals surface area contributed by atoms with Crippen LogP contribution >= 0.6 is 11.8 Å². The quantitative estimate of drug-likeness (QED) is 0.754. The molecule has 2 aromatic carbocycles. The summed E-state index contributed by atoms with van der Waals surface area (Å²) in [5, 5.41) is 1.47.